The second kappa shape index (κ2) is 11.3. The van der Waals surface area contributed by atoms with Crippen LogP contribution in [0.2, 0.25) is 0 Å². The number of morpholine rings is 1. The van der Waals surface area contributed by atoms with E-state index in [1.165, 1.54) is 0 Å². The van der Waals surface area contributed by atoms with Gasteiger partial charge in [-0.2, -0.15) is 13.1 Å². The van der Waals surface area contributed by atoms with Crippen LogP contribution in [0.25, 0.3) is 22.3 Å². The van der Waals surface area contributed by atoms with Crippen molar-refractivity contribution < 1.29 is 31.8 Å². The zero-order valence-corrected chi connectivity index (χ0v) is 22.8. The summed E-state index contributed by atoms with van der Waals surface area (Å²) in [5, 5.41) is 13.4. The Morgan fingerprint density at radius 1 is 1.10 bits per heavy atom. The van der Waals surface area contributed by atoms with Gasteiger partial charge < -0.3 is 20.1 Å². The summed E-state index contributed by atoms with van der Waals surface area (Å²) >= 11 is 0. The number of fused-ring (bicyclic) bond motifs is 1. The van der Waals surface area contributed by atoms with Gasteiger partial charge in [-0.25, -0.2) is 18.4 Å². The average Bonchev–Trinajstić information content (AvgIpc) is 3.28. The van der Waals surface area contributed by atoms with Gasteiger partial charge in [0, 0.05) is 37.8 Å². The van der Waals surface area contributed by atoms with E-state index in [2.05, 4.69) is 15.2 Å². The fourth-order valence-corrected chi connectivity index (χ4v) is 5.99. The van der Waals surface area contributed by atoms with Crippen LogP contribution in [-0.2, 0) is 26.0 Å². The van der Waals surface area contributed by atoms with E-state index in [-0.39, 0.29) is 18.6 Å². The van der Waals surface area contributed by atoms with Gasteiger partial charge in [0.2, 0.25) is 5.91 Å². The predicted octanol–water partition coefficient (Wildman–Crippen LogP) is 1.56. The molecule has 2 aliphatic heterocycles. The number of halogens is 2. The summed E-state index contributed by atoms with van der Waals surface area (Å²) in [5.41, 5.74) is 2.35. The summed E-state index contributed by atoms with van der Waals surface area (Å²) in [5.74, 6) is -3.30. The van der Waals surface area contributed by atoms with Crippen molar-refractivity contribution in [3.8, 4) is 11.4 Å². The van der Waals surface area contributed by atoms with Gasteiger partial charge in [0.05, 0.1) is 53.4 Å². The number of hydrogen-bond acceptors (Lipinski definition) is 9. The van der Waals surface area contributed by atoms with Gasteiger partial charge in [-0.3, -0.25) is 9.78 Å². The maximum atomic E-state index is 12.8. The van der Waals surface area contributed by atoms with Crippen molar-refractivity contribution in [1.82, 2.24) is 24.6 Å². The Bertz CT molecular complexity index is 1500. The second-order valence-corrected chi connectivity index (χ2v) is 12.1. The fraction of sp³-hybridized carbons (Fsp3) is 0.462. The fourth-order valence-electron chi connectivity index (χ4n) is 5.04. The van der Waals surface area contributed by atoms with Crippen LogP contribution in [-0.4, -0.2) is 95.0 Å². The molecule has 0 bridgehead atoms. The molecule has 2 N–H and O–H groups in total. The minimum Gasteiger partial charge on any atom is -0.390 e. The van der Waals surface area contributed by atoms with Gasteiger partial charge in [0.1, 0.15) is 5.82 Å². The number of nitrogens with one attached hydrogen (secondary N) is 1. The maximum absolute atomic E-state index is 12.8. The van der Waals surface area contributed by atoms with Crippen molar-refractivity contribution in [1.29, 1.82) is 0 Å². The molecule has 14 heteroatoms. The second-order valence-electron chi connectivity index (χ2n) is 10.1. The van der Waals surface area contributed by atoms with Crippen molar-refractivity contribution in [3.05, 3.63) is 48.3 Å². The van der Waals surface area contributed by atoms with E-state index in [0.29, 0.717) is 26.9 Å². The number of hydrogen-bond donors (Lipinski definition) is 2. The van der Waals surface area contributed by atoms with Gasteiger partial charge in [0.15, 0.2) is 0 Å². The first-order valence-corrected chi connectivity index (χ1v) is 14.4. The summed E-state index contributed by atoms with van der Waals surface area (Å²) in [6, 6.07) is 10.2. The van der Waals surface area contributed by atoms with E-state index in [0.717, 1.165) is 24.3 Å². The smallest absolute Gasteiger partial charge is 0.350 e. The van der Waals surface area contributed by atoms with Crippen LogP contribution in [0.5, 0.6) is 0 Å². The van der Waals surface area contributed by atoms with Crippen molar-refractivity contribution >= 4 is 32.7 Å². The maximum Gasteiger partial charge on any atom is 0.350 e. The van der Waals surface area contributed by atoms with Crippen LogP contribution in [0.4, 0.5) is 14.6 Å². The Hall–Kier alpha value is -3.33. The molecule has 0 aliphatic carbocycles. The van der Waals surface area contributed by atoms with Crippen LogP contribution >= 0.6 is 0 Å². The number of β-amino-alcohol motifs (C(OH)–C–C–N with tert-alkyl or cyclic N) is 1. The van der Waals surface area contributed by atoms with E-state index in [9.17, 15) is 27.1 Å². The van der Waals surface area contributed by atoms with Crippen LogP contribution in [0.15, 0.2) is 42.6 Å². The van der Waals surface area contributed by atoms with Crippen molar-refractivity contribution in [2.45, 2.75) is 50.4 Å². The molecule has 11 nitrogen and oxygen atoms in total. The molecule has 3 aromatic heterocycles. The van der Waals surface area contributed by atoms with Gasteiger partial charge in [-0.15, -0.1) is 0 Å². The van der Waals surface area contributed by atoms with Gasteiger partial charge >= 0.3 is 5.76 Å². The first kappa shape index (κ1) is 28.2. The molecule has 1 amide bonds. The van der Waals surface area contributed by atoms with Crippen molar-refractivity contribution in [2.75, 3.05) is 31.1 Å². The van der Waals surface area contributed by atoms with Gasteiger partial charge in [-0.05, 0) is 44.2 Å². The quantitative estimate of drug-likeness (QED) is 0.429. The molecular weight excluding hydrogens is 546 g/mol. The minimum absolute atomic E-state index is 0.0951. The third-order valence-corrected chi connectivity index (χ3v) is 8.37. The standard InChI is InChI=1S/C26H30F2N6O5S/c1-15-11-33(12-16(2)39-15)24-5-3-4-19(31-24)20-7-6-17-10-29-18(8-21(17)30-20)9-25(36)32-22-13-34(14-23(22)35)40(37,38)26(27)28/h3-8,10,15-16,22-23,26,35H,9,11-14H2,1-2H3,(H,32,36)/t15-,16+,22-,23+/m1/s1. The third-order valence-electron chi connectivity index (χ3n) is 6.90. The molecule has 0 saturated carbocycles. The van der Waals surface area contributed by atoms with Gasteiger partial charge in [-0.1, -0.05) is 6.07 Å². The number of aromatic nitrogens is 3. The zero-order chi connectivity index (χ0) is 28.6. The van der Waals surface area contributed by atoms with E-state index in [1.807, 2.05) is 44.2 Å². The molecule has 0 spiro atoms. The number of sulfonamides is 1. The lowest BCUT2D eigenvalue weighted by molar-refractivity contribution is -0.121. The Morgan fingerprint density at radius 2 is 1.82 bits per heavy atom. The number of pyridine rings is 3. The number of ether oxygens (including phenoxy) is 1. The van der Waals surface area contributed by atoms with Gasteiger partial charge in [0.25, 0.3) is 10.0 Å². The highest BCUT2D eigenvalue weighted by atomic mass is 32.2. The SMILES string of the molecule is C[C@@H]1CN(c2cccc(-c3ccc4cnc(CC(=O)N[C@@H]5CN(S(=O)(=O)C(F)F)C[C@@H]5O)cc4n3)n2)C[C@H](C)O1. The first-order chi connectivity index (χ1) is 19.0. The van der Waals surface area contributed by atoms with Crippen LogP contribution < -0.4 is 10.2 Å². The van der Waals surface area contributed by atoms with E-state index < -0.39 is 46.9 Å². The lowest BCUT2D eigenvalue weighted by atomic mass is 10.1. The van der Waals surface area contributed by atoms with E-state index in [4.69, 9.17) is 14.7 Å². The monoisotopic (exact) mass is 576 g/mol. The number of amides is 1. The van der Waals surface area contributed by atoms with Crippen LogP contribution in [0.3, 0.4) is 0 Å². The number of aliphatic hydroxyl groups is 1. The summed E-state index contributed by atoms with van der Waals surface area (Å²) in [6.45, 7) is 4.58. The summed E-state index contributed by atoms with van der Waals surface area (Å²) in [6.07, 6.45) is 0.304. The predicted molar refractivity (Wildman–Crippen MR) is 143 cm³/mol. The highest BCUT2D eigenvalue weighted by molar-refractivity contribution is 7.89. The molecule has 2 saturated heterocycles. The number of alkyl halides is 2. The lowest BCUT2D eigenvalue weighted by Gasteiger charge is -2.36. The molecule has 5 rings (SSSR count). The molecule has 2 aliphatic rings. The molecular formula is C26H30F2N6O5S. The Kier molecular flexibility index (Phi) is 7.95. The van der Waals surface area contributed by atoms with E-state index in [1.54, 1.807) is 12.3 Å². The average molecular weight is 577 g/mol. The molecule has 2 fully saturated rings. The molecule has 0 aromatic carbocycles. The summed E-state index contributed by atoms with van der Waals surface area (Å²) < 4.78 is 55.4. The Morgan fingerprint density at radius 3 is 2.55 bits per heavy atom. The Balaban J connectivity index is 1.29. The third kappa shape index (κ3) is 6.04. The first-order valence-electron chi connectivity index (χ1n) is 12.9. The molecule has 0 unspecified atom stereocenters. The highest BCUT2D eigenvalue weighted by Crippen LogP contribution is 2.25. The Labute approximate surface area is 230 Å². The largest absolute Gasteiger partial charge is 0.390 e. The number of rotatable bonds is 7. The molecule has 4 atom stereocenters. The van der Waals surface area contributed by atoms with Crippen molar-refractivity contribution in [2.24, 2.45) is 0 Å². The molecule has 3 aromatic rings. The minimum atomic E-state index is -4.85. The summed E-state index contributed by atoms with van der Waals surface area (Å²) in [7, 11) is -4.85. The number of carbonyl (C=O) groups excluding carboxylic acids is 1. The number of anilines is 1. The molecule has 214 valence electrons. The van der Waals surface area contributed by atoms with Crippen LogP contribution in [0, 0.1) is 0 Å². The molecule has 5 heterocycles. The van der Waals surface area contributed by atoms with E-state index >= 15 is 0 Å². The number of carbonyl (C=O) groups is 1. The number of aliphatic hydroxyl groups excluding tert-OH is 1. The zero-order valence-electron chi connectivity index (χ0n) is 21.9. The topological polar surface area (TPSA) is 138 Å². The summed E-state index contributed by atoms with van der Waals surface area (Å²) in [4.78, 5) is 28.7. The normalized spacial score (nSPS) is 24.1. The van der Waals surface area contributed by atoms with Crippen LogP contribution in [0.1, 0.15) is 19.5 Å². The molecule has 40 heavy (non-hydrogen) atoms. The highest BCUT2D eigenvalue weighted by Gasteiger charge is 2.42. The van der Waals surface area contributed by atoms with Crippen molar-refractivity contribution in [3.63, 3.8) is 0 Å². The number of nitrogens with zero attached hydrogens (tertiary/aromatic N) is 5. The lowest BCUT2D eigenvalue weighted by Crippen LogP contribution is -2.45. The molecule has 0 radical (unpaired) electrons.